The van der Waals surface area contributed by atoms with Gasteiger partial charge in [-0.1, -0.05) is 12.1 Å². The topological polar surface area (TPSA) is 99.3 Å². The number of benzene rings is 1. The number of hydrogen-bond donors (Lipinski definition) is 1. The average Bonchev–Trinajstić information content (AvgIpc) is 2.94. The molecule has 8 heteroatoms. The Labute approximate surface area is 120 Å². The smallest absolute Gasteiger partial charge is 0.389 e. The highest BCUT2D eigenvalue weighted by molar-refractivity contribution is 5.75. The van der Waals surface area contributed by atoms with Gasteiger partial charge in [0.15, 0.2) is 0 Å². The molecule has 8 nitrogen and oxygen atoms in total. The van der Waals surface area contributed by atoms with Crippen LogP contribution in [-0.2, 0) is 17.9 Å². The van der Waals surface area contributed by atoms with Crippen LogP contribution in [0.5, 0.6) is 5.75 Å². The van der Waals surface area contributed by atoms with Crippen molar-refractivity contribution in [1.29, 1.82) is 0 Å². The van der Waals surface area contributed by atoms with E-state index in [1.165, 1.54) is 16.9 Å². The van der Waals surface area contributed by atoms with E-state index in [2.05, 4.69) is 10.4 Å². The molecule has 0 radical (unpaired) electrons. The number of hydrogen-bond acceptors (Lipinski definition) is 5. The van der Waals surface area contributed by atoms with Gasteiger partial charge in [-0.05, 0) is 22.6 Å². The van der Waals surface area contributed by atoms with Gasteiger partial charge in [0, 0.05) is 6.54 Å². The van der Waals surface area contributed by atoms with E-state index >= 15 is 0 Å². The van der Waals surface area contributed by atoms with Crippen LogP contribution in [0, 0.1) is 10.1 Å². The van der Waals surface area contributed by atoms with Crippen molar-refractivity contribution in [2.45, 2.75) is 13.1 Å². The molecule has 1 aromatic carbocycles. The molecule has 1 heterocycles. The van der Waals surface area contributed by atoms with Crippen LogP contribution >= 0.6 is 0 Å². The molecule has 0 bridgehead atoms. The molecule has 2 rings (SSSR count). The lowest BCUT2D eigenvalue weighted by molar-refractivity contribution is -0.389. The molecule has 0 spiro atoms. The summed E-state index contributed by atoms with van der Waals surface area (Å²) in [5.41, 5.74) is 0.897. The Balaban J connectivity index is 1.87. The first-order valence-corrected chi connectivity index (χ1v) is 6.16. The molecular formula is C13H14N4O4. The maximum absolute atomic E-state index is 11.7. The summed E-state index contributed by atoms with van der Waals surface area (Å²) in [6, 6.07) is 8.57. The Morgan fingerprint density at radius 2 is 2.29 bits per heavy atom. The summed E-state index contributed by atoms with van der Waals surface area (Å²) >= 11 is 0. The van der Waals surface area contributed by atoms with Gasteiger partial charge in [0.1, 0.15) is 12.3 Å². The number of nitrogens with one attached hydrogen (secondary N) is 1. The molecule has 1 N–H and O–H groups in total. The zero-order chi connectivity index (χ0) is 15.2. The normalized spacial score (nSPS) is 10.1. The van der Waals surface area contributed by atoms with Gasteiger partial charge in [-0.25, -0.2) is 0 Å². The molecule has 0 atom stereocenters. The van der Waals surface area contributed by atoms with Crippen molar-refractivity contribution in [3.8, 4) is 5.75 Å². The summed E-state index contributed by atoms with van der Waals surface area (Å²) in [7, 11) is 1.57. The van der Waals surface area contributed by atoms with Gasteiger partial charge in [-0.15, -0.1) is 0 Å². The molecule has 0 fully saturated rings. The van der Waals surface area contributed by atoms with E-state index in [0.717, 1.165) is 5.56 Å². The molecule has 1 aromatic heterocycles. The SMILES string of the molecule is COc1cccc(CNC(=O)Cn2ccc([N+](=O)[O-])n2)c1. The van der Waals surface area contributed by atoms with Crippen molar-refractivity contribution in [3.63, 3.8) is 0 Å². The second kappa shape index (κ2) is 6.51. The molecule has 0 aliphatic heterocycles. The van der Waals surface area contributed by atoms with E-state index < -0.39 is 4.92 Å². The third-order valence-corrected chi connectivity index (χ3v) is 2.74. The summed E-state index contributed by atoms with van der Waals surface area (Å²) in [5, 5.41) is 16.9. The van der Waals surface area contributed by atoms with E-state index in [0.29, 0.717) is 12.3 Å². The number of methoxy groups -OCH3 is 1. The molecule has 0 aliphatic rings. The number of aromatic nitrogens is 2. The van der Waals surface area contributed by atoms with Crippen LogP contribution in [0.15, 0.2) is 36.5 Å². The minimum Gasteiger partial charge on any atom is -0.497 e. The Kier molecular flexibility index (Phi) is 4.50. The fourth-order valence-corrected chi connectivity index (χ4v) is 1.72. The fraction of sp³-hybridized carbons (Fsp3) is 0.231. The van der Waals surface area contributed by atoms with Gasteiger partial charge in [0.2, 0.25) is 5.91 Å². The van der Waals surface area contributed by atoms with Crippen molar-refractivity contribution < 1.29 is 14.5 Å². The zero-order valence-corrected chi connectivity index (χ0v) is 11.4. The highest BCUT2D eigenvalue weighted by atomic mass is 16.6. The van der Waals surface area contributed by atoms with Crippen molar-refractivity contribution in [1.82, 2.24) is 15.1 Å². The van der Waals surface area contributed by atoms with E-state index in [4.69, 9.17) is 4.74 Å². The fourth-order valence-electron chi connectivity index (χ4n) is 1.72. The van der Waals surface area contributed by atoms with E-state index in [1.54, 1.807) is 7.11 Å². The van der Waals surface area contributed by atoms with Crippen LogP contribution in [0.3, 0.4) is 0 Å². The molecule has 1 amide bonds. The predicted octanol–water partition coefficient (Wildman–Crippen LogP) is 1.12. The number of nitrogens with zero attached hydrogens (tertiary/aromatic N) is 3. The number of carbonyl (C=O) groups excluding carboxylic acids is 1. The molecule has 110 valence electrons. The maximum Gasteiger partial charge on any atom is 0.389 e. The van der Waals surface area contributed by atoms with Gasteiger partial charge in [0.25, 0.3) is 0 Å². The quantitative estimate of drug-likeness (QED) is 0.634. The standard InChI is InChI=1S/C13H14N4O4/c1-21-11-4-2-3-10(7-11)8-14-13(18)9-16-6-5-12(15-16)17(19)20/h2-7H,8-9H2,1H3,(H,14,18). The van der Waals surface area contributed by atoms with Gasteiger partial charge < -0.3 is 20.2 Å². The number of amides is 1. The van der Waals surface area contributed by atoms with Gasteiger partial charge in [0.05, 0.1) is 24.5 Å². The molecule has 0 saturated heterocycles. The second-order valence-corrected chi connectivity index (χ2v) is 4.26. The monoisotopic (exact) mass is 290 g/mol. The van der Waals surface area contributed by atoms with Crippen LogP contribution in [0.25, 0.3) is 0 Å². The Bertz CT molecular complexity index is 653. The Hall–Kier alpha value is -2.90. The number of ether oxygens (including phenoxy) is 1. The largest absolute Gasteiger partial charge is 0.497 e. The zero-order valence-electron chi connectivity index (χ0n) is 11.4. The number of nitro groups is 1. The summed E-state index contributed by atoms with van der Waals surface area (Å²) < 4.78 is 6.31. The first-order chi connectivity index (χ1) is 10.1. The van der Waals surface area contributed by atoms with Crippen LogP contribution in [0.1, 0.15) is 5.56 Å². The first kappa shape index (κ1) is 14.5. The van der Waals surface area contributed by atoms with Crippen LogP contribution < -0.4 is 10.1 Å². The van der Waals surface area contributed by atoms with Gasteiger partial charge in [-0.3, -0.25) is 4.79 Å². The highest BCUT2D eigenvalue weighted by Crippen LogP contribution is 2.12. The summed E-state index contributed by atoms with van der Waals surface area (Å²) in [4.78, 5) is 21.6. The number of carbonyl (C=O) groups is 1. The molecule has 2 aromatic rings. The van der Waals surface area contributed by atoms with Crippen LogP contribution in [0.2, 0.25) is 0 Å². The van der Waals surface area contributed by atoms with Gasteiger partial charge in [-0.2, -0.15) is 4.68 Å². The lowest BCUT2D eigenvalue weighted by Crippen LogP contribution is -2.27. The first-order valence-electron chi connectivity index (χ1n) is 6.16. The van der Waals surface area contributed by atoms with Crippen molar-refractivity contribution in [2.75, 3.05) is 7.11 Å². The Morgan fingerprint density at radius 3 is 2.95 bits per heavy atom. The maximum atomic E-state index is 11.7. The molecular weight excluding hydrogens is 276 g/mol. The van der Waals surface area contributed by atoms with Crippen LogP contribution in [0.4, 0.5) is 5.82 Å². The average molecular weight is 290 g/mol. The second-order valence-electron chi connectivity index (χ2n) is 4.26. The van der Waals surface area contributed by atoms with E-state index in [1.807, 2.05) is 24.3 Å². The van der Waals surface area contributed by atoms with Crippen LogP contribution in [-0.4, -0.2) is 27.7 Å². The lowest BCUT2D eigenvalue weighted by Gasteiger charge is -2.06. The number of rotatable bonds is 6. The van der Waals surface area contributed by atoms with Crippen molar-refractivity contribution in [3.05, 3.63) is 52.2 Å². The minimum atomic E-state index is -0.606. The third-order valence-electron chi connectivity index (χ3n) is 2.74. The Morgan fingerprint density at radius 1 is 1.48 bits per heavy atom. The summed E-state index contributed by atoms with van der Waals surface area (Å²) in [6.07, 6.45) is 1.39. The third kappa shape index (κ3) is 4.03. The highest BCUT2D eigenvalue weighted by Gasteiger charge is 2.13. The van der Waals surface area contributed by atoms with Gasteiger partial charge >= 0.3 is 5.82 Å². The van der Waals surface area contributed by atoms with E-state index in [9.17, 15) is 14.9 Å². The summed E-state index contributed by atoms with van der Waals surface area (Å²) in [5.74, 6) is 0.149. The molecule has 0 unspecified atom stereocenters. The minimum absolute atomic E-state index is 0.0716. The molecule has 21 heavy (non-hydrogen) atoms. The predicted molar refractivity (Wildman–Crippen MR) is 73.7 cm³/mol. The van der Waals surface area contributed by atoms with E-state index in [-0.39, 0.29) is 18.3 Å². The molecule has 0 aliphatic carbocycles. The van der Waals surface area contributed by atoms with Crippen molar-refractivity contribution in [2.24, 2.45) is 0 Å². The lowest BCUT2D eigenvalue weighted by atomic mass is 10.2. The summed E-state index contributed by atoms with van der Waals surface area (Å²) in [6.45, 7) is 0.275. The molecule has 0 saturated carbocycles. The van der Waals surface area contributed by atoms with Crippen molar-refractivity contribution >= 4 is 11.7 Å².